The van der Waals surface area contributed by atoms with Crippen LogP contribution < -0.4 is 4.74 Å². The number of rotatable bonds is 10. The number of aryl methyl sites for hydroxylation is 2. The van der Waals surface area contributed by atoms with Crippen LogP contribution in [0.4, 0.5) is 0 Å². The molecule has 0 saturated carbocycles. The predicted molar refractivity (Wildman–Crippen MR) is 287 cm³/mol. The Morgan fingerprint density at radius 2 is 0.901 bits per heavy atom. The summed E-state index contributed by atoms with van der Waals surface area (Å²) in [7, 11) is 0. The van der Waals surface area contributed by atoms with Crippen molar-refractivity contribution in [3.8, 4) is 89.8 Å². The third kappa shape index (κ3) is 8.18. The smallest absolute Gasteiger partial charge is 0.509 e. The molecule has 3 aromatic heterocycles. The zero-order valence-corrected chi connectivity index (χ0v) is 41.6. The van der Waals surface area contributed by atoms with E-state index in [1.807, 2.05) is 41.2 Å². The van der Waals surface area contributed by atoms with Gasteiger partial charge in [0.2, 0.25) is 0 Å². The van der Waals surface area contributed by atoms with E-state index in [4.69, 9.17) is 14.8 Å². The maximum Gasteiger partial charge on any atom is 2.00 e. The SMILES string of the molecule is Cc1ccnc(-n2c3[c-]c(Oc4[c-]c(-n5nc(C)c(-c6c(-c7ccccc7)c(-c7ccccc7)c(-c7ccccc7)c(-c7ccccc7)c6-c6ccccc6)c5C)ccc4)ccc3c3ccccc32)c1.[Pt+2]. The Kier molecular flexibility index (Phi) is 12.2. The Bertz CT molecular complexity index is 3760. The van der Waals surface area contributed by atoms with Crippen molar-refractivity contribution in [1.29, 1.82) is 0 Å². The number of fused-ring (bicyclic) bond motifs is 3. The molecule has 0 aliphatic heterocycles. The van der Waals surface area contributed by atoms with Gasteiger partial charge < -0.3 is 9.30 Å². The monoisotopic (exact) mass is 1090 g/mol. The molecular weight excluding hydrogens is 1050 g/mol. The summed E-state index contributed by atoms with van der Waals surface area (Å²) in [5.41, 5.74) is 19.3. The summed E-state index contributed by atoms with van der Waals surface area (Å²) in [6, 6.07) is 84.1. The molecule has 5 nitrogen and oxygen atoms in total. The van der Waals surface area contributed by atoms with Crippen LogP contribution in [0.5, 0.6) is 11.5 Å². The molecule has 0 fully saturated rings. The normalized spacial score (nSPS) is 11.2. The maximum absolute atomic E-state index is 6.67. The van der Waals surface area contributed by atoms with Crippen LogP contribution in [0.15, 0.2) is 225 Å². The van der Waals surface area contributed by atoms with Crippen LogP contribution in [0.3, 0.4) is 0 Å². The Balaban J connectivity index is 0.00000547. The van der Waals surface area contributed by atoms with Crippen molar-refractivity contribution >= 4 is 21.8 Å². The van der Waals surface area contributed by atoms with Gasteiger partial charge in [-0.3, -0.25) is 4.68 Å². The van der Waals surface area contributed by atoms with E-state index in [2.05, 4.69) is 226 Å². The van der Waals surface area contributed by atoms with Gasteiger partial charge in [-0.1, -0.05) is 175 Å². The standard InChI is InChI=1S/C65H46N4O.Pt/c1-43-38-39-66-58(40-43)68-56-35-20-19-34-54(56)55-37-36-53(42-57(55)68)70-52-33-21-32-51(41-52)69-45(3)59(44(2)67-69)65-63(49-28-15-7-16-29-49)61(47-24-11-5-12-25-47)60(46-22-9-4-10-23-46)62(48-26-13-6-14-27-48)64(65)50-30-17-8-18-31-50;/h4-40H,1-3H3;/q-2;+2. The topological polar surface area (TPSA) is 44.9 Å². The Hall–Kier alpha value is -8.37. The molecule has 9 aromatic carbocycles. The van der Waals surface area contributed by atoms with Crippen molar-refractivity contribution < 1.29 is 25.8 Å². The fourth-order valence-corrected chi connectivity index (χ4v) is 10.3. The maximum atomic E-state index is 6.67. The van der Waals surface area contributed by atoms with E-state index in [-0.39, 0.29) is 21.1 Å². The molecule has 0 radical (unpaired) electrons. The van der Waals surface area contributed by atoms with Gasteiger partial charge in [-0.25, -0.2) is 4.98 Å². The molecule has 0 spiro atoms. The van der Waals surface area contributed by atoms with E-state index in [1.165, 1.54) is 5.56 Å². The summed E-state index contributed by atoms with van der Waals surface area (Å²) < 4.78 is 10.9. The van der Waals surface area contributed by atoms with Crippen molar-refractivity contribution in [2.45, 2.75) is 20.8 Å². The van der Waals surface area contributed by atoms with E-state index in [1.54, 1.807) is 0 Å². The quantitative estimate of drug-likeness (QED) is 0.128. The first-order valence-corrected chi connectivity index (χ1v) is 23.7. The first kappa shape index (κ1) is 45.1. The van der Waals surface area contributed by atoms with Crippen molar-refractivity contribution in [3.05, 3.63) is 254 Å². The minimum absolute atomic E-state index is 0. The van der Waals surface area contributed by atoms with Crippen molar-refractivity contribution in [2.75, 3.05) is 0 Å². The van der Waals surface area contributed by atoms with Crippen molar-refractivity contribution in [2.24, 2.45) is 0 Å². The number of benzene rings is 9. The first-order chi connectivity index (χ1) is 34.5. The second kappa shape index (κ2) is 19.2. The molecular formula is C65H46N4OPt. The zero-order valence-electron chi connectivity index (χ0n) is 39.4. The van der Waals surface area contributed by atoms with Crippen molar-refractivity contribution in [1.82, 2.24) is 19.3 Å². The summed E-state index contributed by atoms with van der Waals surface area (Å²) in [6.07, 6.45) is 1.85. The molecule has 0 aliphatic rings. The number of ether oxygens (including phenoxy) is 1. The molecule has 12 aromatic rings. The average molecular weight is 1090 g/mol. The van der Waals surface area contributed by atoms with E-state index in [0.717, 1.165) is 111 Å². The van der Waals surface area contributed by atoms with E-state index >= 15 is 0 Å². The fraction of sp³-hybridized carbons (Fsp3) is 0.0462. The zero-order chi connectivity index (χ0) is 47.1. The third-order valence-corrected chi connectivity index (χ3v) is 13.2. The number of hydrogen-bond acceptors (Lipinski definition) is 3. The molecule has 0 saturated heterocycles. The molecule has 0 unspecified atom stereocenters. The molecule has 0 aliphatic carbocycles. The minimum atomic E-state index is 0. The van der Waals surface area contributed by atoms with E-state index in [0.29, 0.717) is 11.5 Å². The Morgan fingerprint density at radius 1 is 0.423 bits per heavy atom. The Morgan fingerprint density at radius 3 is 1.42 bits per heavy atom. The number of para-hydroxylation sites is 1. The summed E-state index contributed by atoms with van der Waals surface area (Å²) in [4.78, 5) is 4.77. The first-order valence-electron chi connectivity index (χ1n) is 23.7. The molecule has 0 atom stereocenters. The minimum Gasteiger partial charge on any atom is -0.509 e. The largest absolute Gasteiger partial charge is 2.00 e. The van der Waals surface area contributed by atoms with Crippen molar-refractivity contribution in [3.63, 3.8) is 0 Å². The molecule has 3 heterocycles. The van der Waals surface area contributed by atoms with Crippen LogP contribution in [-0.2, 0) is 21.1 Å². The Labute approximate surface area is 428 Å². The summed E-state index contributed by atoms with van der Waals surface area (Å²) >= 11 is 0. The second-order valence-electron chi connectivity index (χ2n) is 17.7. The van der Waals surface area contributed by atoms with Gasteiger partial charge >= 0.3 is 21.1 Å². The van der Waals surface area contributed by atoms with Gasteiger partial charge in [0, 0.05) is 40.0 Å². The summed E-state index contributed by atoms with van der Waals surface area (Å²) in [6.45, 7) is 6.39. The van der Waals surface area contributed by atoms with Crippen LogP contribution in [0.1, 0.15) is 17.0 Å². The molecule has 6 heteroatoms. The molecule has 71 heavy (non-hydrogen) atoms. The van der Waals surface area contributed by atoms with Crippen LogP contribution in [-0.4, -0.2) is 19.3 Å². The van der Waals surface area contributed by atoms with Gasteiger partial charge in [-0.15, -0.1) is 35.7 Å². The molecule has 12 rings (SSSR count). The van der Waals surface area contributed by atoms with Gasteiger partial charge in [0.1, 0.15) is 5.82 Å². The molecule has 0 N–H and O–H groups in total. The number of pyridine rings is 1. The number of nitrogens with zero attached hydrogens (tertiary/aromatic N) is 4. The fourth-order valence-electron chi connectivity index (χ4n) is 10.3. The summed E-state index contributed by atoms with van der Waals surface area (Å²) in [5.74, 6) is 1.96. The van der Waals surface area contributed by atoms with Crippen LogP contribution >= 0.6 is 0 Å². The van der Waals surface area contributed by atoms with Crippen LogP contribution in [0, 0.1) is 32.9 Å². The molecule has 0 amide bonds. The predicted octanol–water partition coefficient (Wildman–Crippen LogP) is 16.7. The van der Waals surface area contributed by atoms with E-state index in [9.17, 15) is 0 Å². The van der Waals surface area contributed by atoms with Gasteiger partial charge in [0.05, 0.1) is 5.69 Å². The summed E-state index contributed by atoms with van der Waals surface area (Å²) in [5, 5.41) is 7.59. The number of aromatic nitrogens is 4. The van der Waals surface area contributed by atoms with Gasteiger partial charge in [-0.2, -0.15) is 17.2 Å². The average Bonchev–Trinajstić information content (AvgIpc) is 3.91. The van der Waals surface area contributed by atoms with E-state index < -0.39 is 0 Å². The second-order valence-corrected chi connectivity index (χ2v) is 17.7. The van der Waals surface area contributed by atoms with Crippen LogP contribution in [0.2, 0.25) is 0 Å². The third-order valence-electron chi connectivity index (χ3n) is 13.2. The number of hydrogen-bond donors (Lipinski definition) is 0. The van der Waals surface area contributed by atoms with Crippen LogP contribution in [0.25, 0.3) is 100 Å². The van der Waals surface area contributed by atoms with Gasteiger partial charge in [0.15, 0.2) is 0 Å². The van der Waals surface area contributed by atoms with Gasteiger partial charge in [0.25, 0.3) is 0 Å². The molecule has 0 bridgehead atoms. The molecule has 342 valence electrons. The van der Waals surface area contributed by atoms with Gasteiger partial charge in [-0.05, 0) is 111 Å².